The highest BCUT2D eigenvalue weighted by atomic mass is 35.5. The van der Waals surface area contributed by atoms with Crippen molar-refractivity contribution in [1.82, 2.24) is 0 Å². The Morgan fingerprint density at radius 2 is 1.33 bits per heavy atom. The van der Waals surface area contributed by atoms with Gasteiger partial charge in [-0.3, -0.25) is 0 Å². The van der Waals surface area contributed by atoms with Crippen LogP contribution in [0.25, 0.3) is 22.3 Å². The van der Waals surface area contributed by atoms with Crippen LogP contribution in [0.4, 0.5) is 11.4 Å². The number of anilines is 2. The number of para-hydroxylation sites is 1. The minimum Gasteiger partial charge on any atom is -0.336 e. The first-order valence-corrected chi connectivity index (χ1v) is 9.48. The van der Waals surface area contributed by atoms with Gasteiger partial charge in [-0.25, -0.2) is 0 Å². The monoisotopic (exact) mass is 367 g/mol. The lowest BCUT2D eigenvalue weighted by Gasteiger charge is -2.33. The van der Waals surface area contributed by atoms with Crippen molar-refractivity contribution in [3.05, 3.63) is 108 Å². The number of halogens is 1. The van der Waals surface area contributed by atoms with Gasteiger partial charge in [0.1, 0.15) is 0 Å². The largest absolute Gasteiger partial charge is 0.336 e. The molecular formula is C25H18ClN. The van der Waals surface area contributed by atoms with Crippen molar-refractivity contribution in [1.29, 1.82) is 0 Å². The first-order valence-electron chi connectivity index (χ1n) is 9.10. The summed E-state index contributed by atoms with van der Waals surface area (Å²) in [6.45, 7) is 0.867. The number of nitrogens with zero attached hydrogens (tertiary/aromatic N) is 1. The van der Waals surface area contributed by atoms with Crippen molar-refractivity contribution in [2.75, 3.05) is 4.90 Å². The van der Waals surface area contributed by atoms with Crippen molar-refractivity contribution < 1.29 is 0 Å². The molecule has 1 aliphatic heterocycles. The lowest BCUT2D eigenvalue weighted by atomic mass is 9.93. The quantitative estimate of drug-likeness (QED) is 0.358. The Kier molecular flexibility index (Phi) is 3.95. The molecular weight excluding hydrogens is 350 g/mol. The van der Waals surface area contributed by atoms with Crippen LogP contribution in [-0.4, -0.2) is 0 Å². The standard InChI is InChI=1S/C25H18ClN/c26-21-10-5-8-18(15-21)19-9-6-11-22(16-19)27-17-20-7-1-2-12-23(20)24-13-3-4-14-25(24)27/h1-16H,17H2. The van der Waals surface area contributed by atoms with Crippen LogP contribution in [0.3, 0.4) is 0 Å². The predicted molar refractivity (Wildman–Crippen MR) is 115 cm³/mol. The van der Waals surface area contributed by atoms with Crippen LogP contribution >= 0.6 is 11.6 Å². The van der Waals surface area contributed by atoms with Gasteiger partial charge in [0.2, 0.25) is 0 Å². The van der Waals surface area contributed by atoms with Gasteiger partial charge in [0, 0.05) is 28.5 Å². The zero-order valence-electron chi connectivity index (χ0n) is 14.8. The Morgan fingerprint density at radius 3 is 2.19 bits per heavy atom. The Labute approximate surface area is 164 Å². The number of hydrogen-bond donors (Lipinski definition) is 0. The summed E-state index contributed by atoms with van der Waals surface area (Å²) >= 11 is 6.20. The molecule has 0 aliphatic carbocycles. The average Bonchev–Trinajstić information content (AvgIpc) is 2.73. The second-order valence-electron chi connectivity index (χ2n) is 6.82. The molecule has 0 N–H and O–H groups in total. The smallest absolute Gasteiger partial charge is 0.0493 e. The fourth-order valence-corrected chi connectivity index (χ4v) is 4.06. The molecule has 130 valence electrons. The number of benzene rings is 4. The maximum Gasteiger partial charge on any atom is 0.0493 e. The zero-order valence-corrected chi connectivity index (χ0v) is 15.5. The fourth-order valence-electron chi connectivity index (χ4n) is 3.87. The highest BCUT2D eigenvalue weighted by molar-refractivity contribution is 6.30. The molecule has 0 bridgehead atoms. The summed E-state index contributed by atoms with van der Waals surface area (Å²) in [6, 6.07) is 34.0. The molecule has 4 aromatic rings. The second-order valence-corrected chi connectivity index (χ2v) is 7.26. The average molecular weight is 368 g/mol. The van der Waals surface area contributed by atoms with Gasteiger partial charge in [-0.1, -0.05) is 78.3 Å². The van der Waals surface area contributed by atoms with Crippen molar-refractivity contribution in [2.45, 2.75) is 6.54 Å². The van der Waals surface area contributed by atoms with Gasteiger partial charge in [-0.15, -0.1) is 0 Å². The van der Waals surface area contributed by atoms with Gasteiger partial charge >= 0.3 is 0 Å². The Morgan fingerprint density at radius 1 is 0.630 bits per heavy atom. The summed E-state index contributed by atoms with van der Waals surface area (Å²) in [7, 11) is 0. The van der Waals surface area contributed by atoms with E-state index >= 15 is 0 Å². The summed E-state index contributed by atoms with van der Waals surface area (Å²) in [4.78, 5) is 2.39. The van der Waals surface area contributed by atoms with Gasteiger partial charge in [-0.2, -0.15) is 0 Å². The molecule has 0 amide bonds. The van der Waals surface area contributed by atoms with E-state index in [0.29, 0.717) is 0 Å². The van der Waals surface area contributed by atoms with Crippen molar-refractivity contribution in [2.24, 2.45) is 0 Å². The van der Waals surface area contributed by atoms with Gasteiger partial charge in [0.05, 0.1) is 0 Å². The molecule has 0 saturated heterocycles. The minimum absolute atomic E-state index is 0.759. The van der Waals surface area contributed by atoms with E-state index in [1.807, 2.05) is 18.2 Å². The Bertz CT molecular complexity index is 1130. The molecule has 0 spiro atoms. The van der Waals surface area contributed by atoms with E-state index in [1.54, 1.807) is 0 Å². The maximum absolute atomic E-state index is 6.20. The van der Waals surface area contributed by atoms with E-state index in [4.69, 9.17) is 11.6 Å². The van der Waals surface area contributed by atoms with E-state index in [9.17, 15) is 0 Å². The van der Waals surface area contributed by atoms with Crippen LogP contribution in [0.15, 0.2) is 97.1 Å². The normalized spacial score (nSPS) is 12.4. The van der Waals surface area contributed by atoms with Gasteiger partial charge in [-0.05, 0) is 52.6 Å². The second kappa shape index (κ2) is 6.61. The molecule has 1 nitrogen and oxygen atoms in total. The molecule has 0 aromatic heterocycles. The third kappa shape index (κ3) is 2.90. The fraction of sp³-hybridized carbons (Fsp3) is 0.0400. The first-order chi connectivity index (χ1) is 13.3. The first kappa shape index (κ1) is 16.2. The zero-order chi connectivity index (χ0) is 18.2. The van der Waals surface area contributed by atoms with Crippen LogP contribution in [0.1, 0.15) is 5.56 Å². The molecule has 27 heavy (non-hydrogen) atoms. The molecule has 0 atom stereocenters. The molecule has 1 aliphatic rings. The highest BCUT2D eigenvalue weighted by Gasteiger charge is 2.22. The minimum atomic E-state index is 0.759. The summed E-state index contributed by atoms with van der Waals surface area (Å²) in [6.07, 6.45) is 0. The summed E-state index contributed by atoms with van der Waals surface area (Å²) in [5.74, 6) is 0. The highest BCUT2D eigenvalue weighted by Crippen LogP contribution is 2.43. The topological polar surface area (TPSA) is 3.24 Å². The third-order valence-electron chi connectivity index (χ3n) is 5.15. The summed E-state index contributed by atoms with van der Waals surface area (Å²) in [5, 5.41) is 0.759. The molecule has 0 saturated carbocycles. The van der Waals surface area contributed by atoms with E-state index in [-0.39, 0.29) is 0 Å². The molecule has 1 heterocycles. The van der Waals surface area contributed by atoms with Crippen LogP contribution in [0.2, 0.25) is 5.02 Å². The molecule has 0 radical (unpaired) electrons. The lowest BCUT2D eigenvalue weighted by molar-refractivity contribution is 0.961. The van der Waals surface area contributed by atoms with E-state index in [1.165, 1.54) is 33.6 Å². The summed E-state index contributed by atoms with van der Waals surface area (Å²) in [5.41, 5.74) is 8.71. The molecule has 0 fully saturated rings. The van der Waals surface area contributed by atoms with E-state index in [2.05, 4.69) is 83.8 Å². The summed E-state index contributed by atoms with van der Waals surface area (Å²) < 4.78 is 0. The lowest BCUT2D eigenvalue weighted by Crippen LogP contribution is -2.21. The van der Waals surface area contributed by atoms with Crippen molar-refractivity contribution in [3.8, 4) is 22.3 Å². The Hall–Kier alpha value is -3.03. The number of rotatable bonds is 2. The predicted octanol–water partition coefficient (Wildman–Crippen LogP) is 7.33. The van der Waals surface area contributed by atoms with Crippen LogP contribution < -0.4 is 4.90 Å². The molecule has 0 unspecified atom stereocenters. The third-order valence-corrected chi connectivity index (χ3v) is 5.38. The number of hydrogen-bond acceptors (Lipinski definition) is 1. The van der Waals surface area contributed by atoms with E-state index < -0.39 is 0 Å². The SMILES string of the molecule is Clc1cccc(-c2cccc(N3Cc4ccccc4-c4ccccc43)c2)c1. The molecule has 4 aromatic carbocycles. The van der Waals surface area contributed by atoms with Crippen molar-refractivity contribution >= 4 is 23.0 Å². The van der Waals surface area contributed by atoms with Crippen LogP contribution in [0, 0.1) is 0 Å². The molecule has 2 heteroatoms. The van der Waals surface area contributed by atoms with Gasteiger partial charge < -0.3 is 4.90 Å². The van der Waals surface area contributed by atoms with Crippen molar-refractivity contribution in [3.63, 3.8) is 0 Å². The van der Waals surface area contributed by atoms with Gasteiger partial charge in [0.15, 0.2) is 0 Å². The van der Waals surface area contributed by atoms with Crippen LogP contribution in [0.5, 0.6) is 0 Å². The number of fused-ring (bicyclic) bond motifs is 3. The van der Waals surface area contributed by atoms with Gasteiger partial charge in [0.25, 0.3) is 0 Å². The maximum atomic E-state index is 6.20. The van der Waals surface area contributed by atoms with E-state index in [0.717, 1.165) is 17.1 Å². The Balaban J connectivity index is 1.63. The molecule has 5 rings (SSSR count). The van der Waals surface area contributed by atoms with Crippen LogP contribution in [-0.2, 0) is 6.54 Å².